The Balaban J connectivity index is 1.31. The average Bonchev–Trinajstić information content (AvgIpc) is 3.47. The van der Waals surface area contributed by atoms with E-state index >= 15 is 0 Å². The van der Waals surface area contributed by atoms with Gasteiger partial charge in [-0.15, -0.1) is 10.2 Å². The number of amides is 2. The Kier molecular flexibility index (Phi) is 10.8. The fourth-order valence-corrected chi connectivity index (χ4v) is 7.15. The fraction of sp³-hybridized carbons (Fsp3) is 0.290. The van der Waals surface area contributed by atoms with Crippen molar-refractivity contribution in [2.24, 2.45) is 0 Å². The number of thioether (sulfide) groups is 1. The zero-order valence-corrected chi connectivity index (χ0v) is 28.1. The topological polar surface area (TPSA) is 136 Å². The Morgan fingerprint density at radius 1 is 1.02 bits per heavy atom. The Hall–Kier alpha value is -3.96. The summed E-state index contributed by atoms with van der Waals surface area (Å²) in [6.45, 7) is 4.88. The number of sulfonamides is 1. The van der Waals surface area contributed by atoms with Crippen LogP contribution in [0.1, 0.15) is 32.9 Å². The summed E-state index contributed by atoms with van der Waals surface area (Å²) >= 11 is 7.03. The zero-order chi connectivity index (χ0) is 34.6. The number of hydrogen-bond donors (Lipinski definition) is 2. The van der Waals surface area contributed by atoms with Gasteiger partial charge in [-0.1, -0.05) is 35.5 Å². The molecule has 0 radical (unpaired) electrons. The number of anilines is 1. The highest BCUT2D eigenvalue weighted by Gasteiger charge is 2.31. The third-order valence-corrected chi connectivity index (χ3v) is 10.7. The quantitative estimate of drug-likeness (QED) is 0.212. The molecule has 1 aliphatic rings. The number of hydrogen-bond acceptors (Lipinski definition) is 8. The standard InChI is InChI=1S/C31H30ClF3N6O5S2/c1-19-4-3-5-26(20(19)2)41-27(17-36-29(43)21-6-9-23(10-7-21)48(44,45)40-12-14-46-15-13-40)38-39-30(41)47-18-28(42)37-25-16-22(31(33,34)35)8-11-24(25)32/h3-11,16H,12-15,17-18H2,1-2H3,(H,36,43)(H,37,42). The highest BCUT2D eigenvalue weighted by atomic mass is 35.5. The molecule has 11 nitrogen and oxygen atoms in total. The van der Waals surface area contributed by atoms with Crippen LogP contribution in [0.15, 0.2) is 70.7 Å². The molecule has 48 heavy (non-hydrogen) atoms. The zero-order valence-electron chi connectivity index (χ0n) is 25.7. The molecule has 3 aromatic carbocycles. The molecule has 0 spiro atoms. The van der Waals surface area contributed by atoms with Crippen molar-refractivity contribution in [3.8, 4) is 5.69 Å². The summed E-state index contributed by atoms with van der Waals surface area (Å²) in [5, 5.41) is 13.9. The lowest BCUT2D eigenvalue weighted by Crippen LogP contribution is -2.40. The van der Waals surface area contributed by atoms with E-state index in [0.717, 1.165) is 41.1 Å². The number of nitrogens with zero attached hydrogens (tertiary/aromatic N) is 4. The molecule has 1 aliphatic heterocycles. The minimum absolute atomic E-state index is 0.0497. The molecule has 0 saturated carbocycles. The van der Waals surface area contributed by atoms with Crippen molar-refractivity contribution in [2.75, 3.05) is 37.4 Å². The van der Waals surface area contributed by atoms with Crippen LogP contribution in [-0.2, 0) is 32.3 Å². The van der Waals surface area contributed by atoms with Gasteiger partial charge in [0.05, 0.1) is 52.4 Å². The number of halogens is 4. The van der Waals surface area contributed by atoms with Gasteiger partial charge < -0.3 is 15.4 Å². The Morgan fingerprint density at radius 2 is 1.73 bits per heavy atom. The van der Waals surface area contributed by atoms with Crippen molar-refractivity contribution in [1.29, 1.82) is 0 Å². The largest absolute Gasteiger partial charge is 0.416 e. The second kappa shape index (κ2) is 14.7. The highest BCUT2D eigenvalue weighted by Crippen LogP contribution is 2.34. The predicted octanol–water partition coefficient (Wildman–Crippen LogP) is 5.24. The number of carbonyl (C=O) groups excluding carboxylic acids is 2. The fourth-order valence-electron chi connectivity index (χ4n) is 4.82. The van der Waals surface area contributed by atoms with Crippen LogP contribution in [0.3, 0.4) is 0 Å². The van der Waals surface area contributed by atoms with Crippen molar-refractivity contribution in [3.05, 3.63) is 93.8 Å². The molecule has 2 amide bonds. The molecular formula is C31H30ClF3N6O5S2. The van der Waals surface area contributed by atoms with Crippen molar-refractivity contribution >= 4 is 50.9 Å². The lowest BCUT2D eigenvalue weighted by atomic mass is 10.1. The number of alkyl halides is 3. The molecule has 4 aromatic rings. The molecule has 0 bridgehead atoms. The van der Waals surface area contributed by atoms with Gasteiger partial charge in [0.15, 0.2) is 11.0 Å². The number of ether oxygens (including phenoxy) is 1. The summed E-state index contributed by atoms with van der Waals surface area (Å²) in [6, 6.07) is 13.9. The Labute approximate surface area is 283 Å². The van der Waals surface area contributed by atoms with Crippen molar-refractivity contribution in [3.63, 3.8) is 0 Å². The first-order chi connectivity index (χ1) is 22.8. The van der Waals surface area contributed by atoms with E-state index in [-0.39, 0.29) is 46.6 Å². The van der Waals surface area contributed by atoms with E-state index in [9.17, 15) is 31.2 Å². The van der Waals surface area contributed by atoms with E-state index in [1.807, 2.05) is 32.0 Å². The van der Waals surface area contributed by atoms with Gasteiger partial charge >= 0.3 is 6.18 Å². The number of nitrogens with one attached hydrogen (secondary N) is 2. The number of carbonyl (C=O) groups is 2. The number of rotatable bonds is 10. The SMILES string of the molecule is Cc1cccc(-n2c(CNC(=O)c3ccc(S(=O)(=O)N4CCOCC4)cc3)nnc2SCC(=O)Nc2cc(C(F)(F)F)ccc2Cl)c1C. The first-order valence-electron chi connectivity index (χ1n) is 14.5. The molecule has 5 rings (SSSR count). The van der Waals surface area contributed by atoms with E-state index in [2.05, 4.69) is 20.8 Å². The van der Waals surface area contributed by atoms with Crippen LogP contribution in [0, 0.1) is 13.8 Å². The summed E-state index contributed by atoms with van der Waals surface area (Å²) in [6.07, 6.45) is -4.61. The van der Waals surface area contributed by atoms with E-state index in [1.165, 1.54) is 28.6 Å². The van der Waals surface area contributed by atoms with Gasteiger partial charge in [-0.3, -0.25) is 14.2 Å². The third-order valence-electron chi connectivity index (χ3n) is 7.55. The minimum Gasteiger partial charge on any atom is -0.379 e. The number of aryl methyl sites for hydroxylation is 1. The maximum atomic E-state index is 13.2. The molecule has 2 heterocycles. The molecule has 0 unspecified atom stereocenters. The molecule has 0 aliphatic carbocycles. The van der Waals surface area contributed by atoms with Crippen LogP contribution in [0.2, 0.25) is 5.02 Å². The van der Waals surface area contributed by atoms with Gasteiger partial charge in [-0.2, -0.15) is 17.5 Å². The summed E-state index contributed by atoms with van der Waals surface area (Å²) in [5.74, 6) is -0.993. The van der Waals surface area contributed by atoms with Crippen LogP contribution < -0.4 is 10.6 Å². The summed E-state index contributed by atoms with van der Waals surface area (Å²) in [5.41, 5.74) is 1.66. The van der Waals surface area contributed by atoms with Gasteiger partial charge in [0, 0.05) is 18.7 Å². The molecular weight excluding hydrogens is 693 g/mol. The van der Waals surface area contributed by atoms with Crippen molar-refractivity contribution in [2.45, 2.75) is 36.6 Å². The van der Waals surface area contributed by atoms with E-state index in [0.29, 0.717) is 29.9 Å². The van der Waals surface area contributed by atoms with Crippen LogP contribution >= 0.6 is 23.4 Å². The van der Waals surface area contributed by atoms with Crippen LogP contribution in [0.4, 0.5) is 18.9 Å². The number of aromatic nitrogens is 3. The van der Waals surface area contributed by atoms with Crippen molar-refractivity contribution < 1.29 is 35.9 Å². The van der Waals surface area contributed by atoms with E-state index in [1.54, 1.807) is 4.57 Å². The maximum absolute atomic E-state index is 13.2. The molecule has 1 fully saturated rings. The van der Waals surface area contributed by atoms with Gasteiger partial charge in [-0.05, 0) is 73.5 Å². The summed E-state index contributed by atoms with van der Waals surface area (Å²) in [4.78, 5) is 25.9. The normalized spacial score (nSPS) is 14.1. The van der Waals surface area contributed by atoms with Gasteiger partial charge in [0.2, 0.25) is 15.9 Å². The van der Waals surface area contributed by atoms with Crippen LogP contribution in [0.25, 0.3) is 5.69 Å². The first kappa shape index (κ1) is 35.3. The minimum atomic E-state index is -4.61. The van der Waals surface area contributed by atoms with E-state index in [4.69, 9.17) is 16.3 Å². The highest BCUT2D eigenvalue weighted by molar-refractivity contribution is 7.99. The molecule has 2 N–H and O–H groups in total. The second-order valence-electron chi connectivity index (χ2n) is 10.7. The summed E-state index contributed by atoms with van der Waals surface area (Å²) < 4.78 is 73.7. The second-order valence-corrected chi connectivity index (χ2v) is 14.0. The maximum Gasteiger partial charge on any atom is 0.416 e. The molecule has 1 aromatic heterocycles. The molecule has 17 heteroatoms. The lowest BCUT2D eigenvalue weighted by molar-refractivity contribution is -0.137. The number of benzene rings is 3. The predicted molar refractivity (Wildman–Crippen MR) is 174 cm³/mol. The van der Waals surface area contributed by atoms with Gasteiger partial charge in [0.25, 0.3) is 5.91 Å². The van der Waals surface area contributed by atoms with Gasteiger partial charge in [0.1, 0.15) is 0 Å². The van der Waals surface area contributed by atoms with E-state index < -0.39 is 33.6 Å². The number of morpholine rings is 1. The monoisotopic (exact) mass is 722 g/mol. The van der Waals surface area contributed by atoms with Gasteiger partial charge in [-0.25, -0.2) is 8.42 Å². The average molecular weight is 723 g/mol. The molecule has 0 atom stereocenters. The molecule has 1 saturated heterocycles. The first-order valence-corrected chi connectivity index (χ1v) is 17.3. The van der Waals surface area contributed by atoms with Crippen molar-refractivity contribution in [1.82, 2.24) is 24.4 Å². The third kappa shape index (κ3) is 8.01. The molecule has 254 valence electrons. The Morgan fingerprint density at radius 3 is 2.42 bits per heavy atom. The van der Waals surface area contributed by atoms with Crippen LogP contribution in [0.5, 0.6) is 0 Å². The van der Waals surface area contributed by atoms with Crippen LogP contribution in [-0.4, -0.2) is 71.4 Å². The smallest absolute Gasteiger partial charge is 0.379 e. The lowest BCUT2D eigenvalue weighted by Gasteiger charge is -2.26. The summed E-state index contributed by atoms with van der Waals surface area (Å²) in [7, 11) is -3.72. The Bertz CT molecular complexity index is 1930.